The highest BCUT2D eigenvalue weighted by Gasteiger charge is 2.27. The van der Waals surface area contributed by atoms with Crippen LogP contribution >= 0.6 is 34.8 Å². The summed E-state index contributed by atoms with van der Waals surface area (Å²) < 4.78 is 41.5. The van der Waals surface area contributed by atoms with Crippen molar-refractivity contribution in [3.05, 3.63) is 39.3 Å². The van der Waals surface area contributed by atoms with Gasteiger partial charge < -0.3 is 17.7 Å². The first-order valence-corrected chi connectivity index (χ1v) is 5.50. The van der Waals surface area contributed by atoms with Gasteiger partial charge in [-0.15, -0.1) is 12.1 Å². The van der Waals surface area contributed by atoms with Crippen LogP contribution in [0.1, 0.15) is 0 Å². The molecule has 0 aliphatic rings. The molecule has 0 saturated heterocycles. The Hall–Kier alpha value is -0.515. The second-order valence-corrected chi connectivity index (χ2v) is 4.47. The number of ether oxygens (including phenoxy) is 1. The van der Waals surface area contributed by atoms with Crippen molar-refractivity contribution in [1.29, 1.82) is 0 Å². The van der Waals surface area contributed by atoms with Gasteiger partial charge in [0.25, 0.3) is 0 Å². The van der Waals surface area contributed by atoms with Crippen LogP contribution in [0.4, 0.5) is 12.9 Å². The van der Waals surface area contributed by atoms with Crippen molar-refractivity contribution in [2.24, 2.45) is 0 Å². The standard InChI is InChI=1S/C9H6BCl3F3O/c1-5(10(14,15)16)4-17-9-7(12)2-6(11)3-8(9)13/h2-3H,1,4H2/q-1. The predicted molar refractivity (Wildman–Crippen MR) is 65.2 cm³/mol. The lowest BCUT2D eigenvalue weighted by Gasteiger charge is -2.19. The number of hydrogen-bond acceptors (Lipinski definition) is 1. The van der Waals surface area contributed by atoms with Gasteiger partial charge in [0.05, 0.1) is 16.7 Å². The fraction of sp³-hybridized carbons (Fsp3) is 0.111. The minimum Gasteiger partial charge on any atom is -0.489 e. The van der Waals surface area contributed by atoms with Gasteiger partial charge in [0, 0.05) is 5.02 Å². The predicted octanol–water partition coefficient (Wildman–Crippen LogP) is 4.97. The fourth-order valence-electron chi connectivity index (χ4n) is 0.926. The lowest BCUT2D eigenvalue weighted by molar-refractivity contribution is 0.347. The van der Waals surface area contributed by atoms with Crippen LogP contribution in [0, 0.1) is 0 Å². The summed E-state index contributed by atoms with van der Waals surface area (Å²) in [5.41, 5.74) is -0.966. The molecule has 0 N–H and O–H groups in total. The molecule has 0 saturated carbocycles. The molecule has 0 aromatic heterocycles. The highest BCUT2D eigenvalue weighted by Crippen LogP contribution is 2.36. The third-order valence-electron chi connectivity index (χ3n) is 1.83. The minimum atomic E-state index is -5.13. The third-order valence-corrected chi connectivity index (χ3v) is 2.61. The minimum absolute atomic E-state index is 0.0427. The molecule has 0 radical (unpaired) electrons. The van der Waals surface area contributed by atoms with E-state index < -0.39 is 19.1 Å². The molecule has 0 amide bonds. The van der Waals surface area contributed by atoms with Crippen LogP contribution in [-0.4, -0.2) is 13.6 Å². The zero-order valence-electron chi connectivity index (χ0n) is 8.32. The molecule has 0 fully saturated rings. The molecule has 0 bridgehead atoms. The fourth-order valence-corrected chi connectivity index (χ4v) is 1.85. The largest absolute Gasteiger partial charge is 0.508 e. The van der Waals surface area contributed by atoms with E-state index in [4.69, 9.17) is 39.5 Å². The molecular weight excluding hydrogens is 298 g/mol. The summed E-state index contributed by atoms with van der Waals surface area (Å²) in [6, 6.07) is 2.65. The van der Waals surface area contributed by atoms with E-state index >= 15 is 0 Å². The molecule has 1 nitrogen and oxygen atoms in total. The van der Waals surface area contributed by atoms with Gasteiger partial charge in [-0.1, -0.05) is 34.8 Å². The normalized spacial score (nSPS) is 11.4. The first kappa shape index (κ1) is 14.5. The quantitative estimate of drug-likeness (QED) is 0.714. The highest BCUT2D eigenvalue weighted by molar-refractivity contribution is 6.66. The molecule has 1 aromatic carbocycles. The van der Waals surface area contributed by atoms with Crippen molar-refractivity contribution in [3.63, 3.8) is 0 Å². The van der Waals surface area contributed by atoms with Crippen molar-refractivity contribution in [3.8, 4) is 5.75 Å². The van der Waals surface area contributed by atoms with Gasteiger partial charge in [-0.3, -0.25) is 0 Å². The van der Waals surface area contributed by atoms with Crippen LogP contribution in [-0.2, 0) is 0 Å². The van der Waals surface area contributed by atoms with Gasteiger partial charge in [-0.05, 0) is 12.1 Å². The zero-order valence-corrected chi connectivity index (χ0v) is 10.6. The van der Waals surface area contributed by atoms with Crippen molar-refractivity contribution >= 4 is 41.8 Å². The van der Waals surface area contributed by atoms with Crippen LogP contribution in [0.2, 0.25) is 15.1 Å². The van der Waals surface area contributed by atoms with Gasteiger partial charge in [0.1, 0.15) is 0 Å². The number of hydrogen-bond donors (Lipinski definition) is 0. The molecule has 0 aliphatic heterocycles. The molecule has 94 valence electrons. The zero-order chi connectivity index (χ0) is 13.2. The van der Waals surface area contributed by atoms with Crippen molar-refractivity contribution in [1.82, 2.24) is 0 Å². The summed E-state index contributed by atoms with van der Waals surface area (Å²) in [7, 11) is 0. The van der Waals surface area contributed by atoms with Crippen molar-refractivity contribution < 1.29 is 17.7 Å². The van der Waals surface area contributed by atoms with Crippen LogP contribution in [0.5, 0.6) is 5.75 Å². The summed E-state index contributed by atoms with van der Waals surface area (Å²) in [5, 5.41) is 0.362. The smallest absolute Gasteiger partial charge is 0.489 e. The van der Waals surface area contributed by atoms with Crippen LogP contribution in [0.3, 0.4) is 0 Å². The molecule has 0 aliphatic carbocycles. The maximum absolute atomic E-state index is 12.2. The monoisotopic (exact) mass is 303 g/mol. The van der Waals surface area contributed by atoms with Gasteiger partial charge in [-0.25, -0.2) is 0 Å². The second kappa shape index (κ2) is 5.42. The summed E-state index contributed by atoms with van der Waals surface area (Å²) in [6.45, 7) is -2.97. The van der Waals surface area contributed by atoms with Crippen LogP contribution in [0.25, 0.3) is 0 Å². The average molecular weight is 304 g/mol. The molecule has 0 heterocycles. The van der Waals surface area contributed by atoms with Gasteiger partial charge in [0.2, 0.25) is 0 Å². The highest BCUT2D eigenvalue weighted by atomic mass is 35.5. The summed E-state index contributed by atoms with van der Waals surface area (Å²) in [4.78, 5) is 0. The van der Waals surface area contributed by atoms with E-state index in [-0.39, 0.29) is 20.8 Å². The van der Waals surface area contributed by atoms with Crippen LogP contribution < -0.4 is 4.74 Å². The van der Waals surface area contributed by atoms with Gasteiger partial charge in [0.15, 0.2) is 5.75 Å². The average Bonchev–Trinajstić information content (AvgIpc) is 2.13. The Morgan fingerprint density at radius 2 is 1.65 bits per heavy atom. The Bertz CT molecular complexity index is 425. The Labute approximate surface area is 111 Å². The van der Waals surface area contributed by atoms with E-state index in [0.717, 1.165) is 0 Å². The third kappa shape index (κ3) is 4.01. The van der Waals surface area contributed by atoms with Gasteiger partial charge >= 0.3 is 6.98 Å². The molecule has 0 atom stereocenters. The molecule has 0 spiro atoms. The topological polar surface area (TPSA) is 9.23 Å². The first-order valence-electron chi connectivity index (χ1n) is 4.36. The van der Waals surface area contributed by atoms with E-state index in [1.165, 1.54) is 12.1 Å². The van der Waals surface area contributed by atoms with E-state index in [9.17, 15) is 12.9 Å². The van der Waals surface area contributed by atoms with E-state index in [2.05, 4.69) is 6.58 Å². The summed E-state index contributed by atoms with van der Waals surface area (Å²) in [5.74, 6) is -0.0427. The molecular formula is C9H6BCl3F3O-. The maximum Gasteiger partial charge on any atom is 0.508 e. The SMILES string of the molecule is C=C(COc1c(Cl)cc(Cl)cc1Cl)[B-](F)(F)F. The Morgan fingerprint density at radius 1 is 1.18 bits per heavy atom. The second-order valence-electron chi connectivity index (χ2n) is 3.22. The molecule has 0 unspecified atom stereocenters. The maximum atomic E-state index is 12.2. The molecule has 17 heavy (non-hydrogen) atoms. The number of halogens is 6. The van der Waals surface area contributed by atoms with E-state index in [1.807, 2.05) is 0 Å². The van der Waals surface area contributed by atoms with E-state index in [1.54, 1.807) is 0 Å². The Kier molecular flexibility index (Phi) is 4.64. The van der Waals surface area contributed by atoms with Crippen LogP contribution in [0.15, 0.2) is 24.2 Å². The Balaban J connectivity index is 2.80. The number of benzene rings is 1. The van der Waals surface area contributed by atoms with Crippen molar-refractivity contribution in [2.75, 3.05) is 6.61 Å². The lowest BCUT2D eigenvalue weighted by Crippen LogP contribution is -2.23. The Morgan fingerprint density at radius 3 is 2.06 bits per heavy atom. The number of rotatable bonds is 4. The molecule has 1 aromatic rings. The van der Waals surface area contributed by atoms with E-state index in [0.29, 0.717) is 0 Å². The van der Waals surface area contributed by atoms with Gasteiger partial charge in [-0.2, -0.15) is 0 Å². The lowest BCUT2D eigenvalue weighted by atomic mass is 9.81. The van der Waals surface area contributed by atoms with Crippen molar-refractivity contribution in [2.45, 2.75) is 0 Å². The summed E-state index contributed by atoms with van der Waals surface area (Å²) in [6.07, 6.45) is 0. The molecule has 8 heteroatoms. The first-order chi connectivity index (χ1) is 7.71. The summed E-state index contributed by atoms with van der Waals surface area (Å²) >= 11 is 17.1. The molecule has 1 rings (SSSR count).